The summed E-state index contributed by atoms with van der Waals surface area (Å²) in [5.41, 5.74) is 1.42. The van der Waals surface area contributed by atoms with Crippen molar-refractivity contribution in [2.75, 3.05) is 0 Å². The van der Waals surface area contributed by atoms with E-state index >= 15 is 0 Å². The fourth-order valence-corrected chi connectivity index (χ4v) is 2.90. The topological polar surface area (TPSA) is 86.6 Å². The van der Waals surface area contributed by atoms with E-state index in [1.807, 2.05) is 0 Å². The molecule has 1 aromatic rings. The monoisotopic (exact) mass is 291 g/mol. The molecule has 0 unspecified atom stereocenters. The number of amides is 1. The molecular weight excluding hydrogens is 270 g/mol. The summed E-state index contributed by atoms with van der Waals surface area (Å²) in [6.07, 6.45) is 2.75. The second-order valence-electron chi connectivity index (χ2n) is 5.69. The van der Waals surface area contributed by atoms with E-state index in [-0.39, 0.29) is 17.2 Å². The van der Waals surface area contributed by atoms with Crippen LogP contribution in [0.15, 0.2) is 12.1 Å². The molecule has 2 rings (SSSR count). The molecule has 0 saturated heterocycles. The van der Waals surface area contributed by atoms with E-state index in [9.17, 15) is 19.8 Å². The molecule has 21 heavy (non-hydrogen) atoms. The van der Waals surface area contributed by atoms with Crippen molar-refractivity contribution >= 4 is 11.9 Å². The summed E-state index contributed by atoms with van der Waals surface area (Å²) in [7, 11) is 0. The lowest BCUT2D eigenvalue weighted by atomic mass is 9.91. The van der Waals surface area contributed by atoms with Crippen molar-refractivity contribution < 1.29 is 19.8 Å². The summed E-state index contributed by atoms with van der Waals surface area (Å²) in [4.78, 5) is 23.9. The number of aromatic carboxylic acids is 1. The van der Waals surface area contributed by atoms with E-state index in [1.54, 1.807) is 26.0 Å². The molecule has 0 heterocycles. The smallest absolute Gasteiger partial charge is 0.336 e. The van der Waals surface area contributed by atoms with Gasteiger partial charge in [-0.25, -0.2) is 4.79 Å². The number of hydrogen-bond donors (Lipinski definition) is 3. The van der Waals surface area contributed by atoms with Gasteiger partial charge in [-0.2, -0.15) is 0 Å². The van der Waals surface area contributed by atoms with Crippen LogP contribution < -0.4 is 5.32 Å². The molecule has 1 aliphatic carbocycles. The van der Waals surface area contributed by atoms with Crippen LogP contribution in [0.5, 0.6) is 0 Å². The average Bonchev–Trinajstić information content (AvgIpc) is 2.43. The minimum Gasteiger partial charge on any atom is -0.478 e. The summed E-state index contributed by atoms with van der Waals surface area (Å²) in [6.45, 7) is 3.40. The number of aliphatic hydroxyl groups is 1. The number of benzene rings is 1. The largest absolute Gasteiger partial charge is 0.478 e. The maximum atomic E-state index is 12.5. The van der Waals surface area contributed by atoms with Crippen LogP contribution in [0, 0.1) is 13.8 Å². The summed E-state index contributed by atoms with van der Waals surface area (Å²) >= 11 is 0. The Labute approximate surface area is 124 Å². The minimum atomic E-state index is -1.11. The first-order valence-electron chi connectivity index (χ1n) is 7.24. The van der Waals surface area contributed by atoms with Gasteiger partial charge in [-0.05, 0) is 37.8 Å². The first-order valence-corrected chi connectivity index (χ1v) is 7.24. The van der Waals surface area contributed by atoms with Gasteiger partial charge in [-0.1, -0.05) is 25.0 Å². The SMILES string of the molecule is Cc1ccc(C)c(C(=O)N[C@@H]2CCCC[C@H]2O)c1C(=O)O. The van der Waals surface area contributed by atoms with Crippen molar-refractivity contribution in [3.05, 3.63) is 34.4 Å². The highest BCUT2D eigenvalue weighted by atomic mass is 16.4. The van der Waals surface area contributed by atoms with Gasteiger partial charge in [0.15, 0.2) is 0 Å². The third kappa shape index (κ3) is 3.24. The number of aryl methyl sites for hydroxylation is 2. The van der Waals surface area contributed by atoms with E-state index in [2.05, 4.69) is 5.32 Å². The van der Waals surface area contributed by atoms with Crippen LogP contribution in [0.25, 0.3) is 0 Å². The van der Waals surface area contributed by atoms with Gasteiger partial charge in [0, 0.05) is 0 Å². The van der Waals surface area contributed by atoms with Gasteiger partial charge in [-0.15, -0.1) is 0 Å². The Hall–Kier alpha value is -1.88. The normalized spacial score (nSPS) is 21.9. The lowest BCUT2D eigenvalue weighted by Crippen LogP contribution is -2.45. The van der Waals surface area contributed by atoms with Crippen molar-refractivity contribution in [3.63, 3.8) is 0 Å². The van der Waals surface area contributed by atoms with Gasteiger partial charge in [-0.3, -0.25) is 4.79 Å². The quantitative estimate of drug-likeness (QED) is 0.795. The molecular formula is C16H21NO4. The maximum absolute atomic E-state index is 12.5. The third-order valence-corrected chi connectivity index (χ3v) is 4.11. The fourth-order valence-electron chi connectivity index (χ4n) is 2.90. The van der Waals surface area contributed by atoms with Crippen LogP contribution in [0.2, 0.25) is 0 Å². The number of hydrogen-bond acceptors (Lipinski definition) is 3. The van der Waals surface area contributed by atoms with Gasteiger partial charge >= 0.3 is 5.97 Å². The fraction of sp³-hybridized carbons (Fsp3) is 0.500. The number of aliphatic hydroxyl groups excluding tert-OH is 1. The van der Waals surface area contributed by atoms with Gasteiger partial charge in [0.25, 0.3) is 5.91 Å². The van der Waals surface area contributed by atoms with Crippen LogP contribution in [0.1, 0.15) is 57.5 Å². The number of carboxylic acids is 1. The highest BCUT2D eigenvalue weighted by molar-refractivity contribution is 6.06. The van der Waals surface area contributed by atoms with Crippen molar-refractivity contribution in [1.29, 1.82) is 0 Å². The molecule has 1 amide bonds. The Balaban J connectivity index is 2.30. The zero-order valence-corrected chi connectivity index (χ0v) is 12.3. The van der Waals surface area contributed by atoms with Gasteiger partial charge in [0.2, 0.25) is 0 Å². The standard InChI is InChI=1S/C16H21NO4/c1-9-7-8-10(2)14(16(20)21)13(9)15(19)17-11-5-3-4-6-12(11)18/h7-8,11-12,18H,3-6H2,1-2H3,(H,17,19)(H,20,21)/t11-,12-/m1/s1. The Morgan fingerprint density at radius 2 is 1.67 bits per heavy atom. The molecule has 0 bridgehead atoms. The number of carbonyl (C=O) groups excluding carboxylic acids is 1. The Kier molecular flexibility index (Phi) is 4.63. The third-order valence-electron chi connectivity index (χ3n) is 4.11. The van der Waals surface area contributed by atoms with E-state index < -0.39 is 18.0 Å². The lowest BCUT2D eigenvalue weighted by molar-refractivity contribution is 0.0673. The molecule has 5 nitrogen and oxygen atoms in total. The van der Waals surface area contributed by atoms with Crippen LogP contribution in [-0.4, -0.2) is 34.2 Å². The van der Waals surface area contributed by atoms with Crippen molar-refractivity contribution in [2.45, 2.75) is 51.7 Å². The Morgan fingerprint density at radius 1 is 1.10 bits per heavy atom. The van der Waals surface area contributed by atoms with Gasteiger partial charge in [0.05, 0.1) is 23.3 Å². The first kappa shape index (κ1) is 15.5. The minimum absolute atomic E-state index is 0.0396. The first-order chi connectivity index (χ1) is 9.91. The number of carbonyl (C=O) groups is 2. The molecule has 1 fully saturated rings. The van der Waals surface area contributed by atoms with E-state index in [4.69, 9.17) is 0 Å². The van der Waals surface area contributed by atoms with E-state index in [1.165, 1.54) is 0 Å². The van der Waals surface area contributed by atoms with Crippen molar-refractivity contribution in [3.8, 4) is 0 Å². The Morgan fingerprint density at radius 3 is 2.24 bits per heavy atom. The highest BCUT2D eigenvalue weighted by Gasteiger charge is 2.27. The second-order valence-corrected chi connectivity index (χ2v) is 5.69. The maximum Gasteiger partial charge on any atom is 0.336 e. The summed E-state index contributed by atoms with van der Waals surface area (Å²) in [5, 5.41) is 22.1. The van der Waals surface area contributed by atoms with Crippen molar-refractivity contribution in [2.24, 2.45) is 0 Å². The van der Waals surface area contributed by atoms with Crippen LogP contribution >= 0.6 is 0 Å². The van der Waals surface area contributed by atoms with Crippen LogP contribution in [0.3, 0.4) is 0 Å². The molecule has 5 heteroatoms. The molecule has 0 radical (unpaired) electrons. The number of rotatable bonds is 3. The molecule has 3 N–H and O–H groups in total. The number of nitrogens with one attached hydrogen (secondary N) is 1. The zero-order chi connectivity index (χ0) is 15.6. The van der Waals surface area contributed by atoms with Crippen LogP contribution in [0.4, 0.5) is 0 Å². The molecule has 1 saturated carbocycles. The predicted molar refractivity (Wildman–Crippen MR) is 78.6 cm³/mol. The lowest BCUT2D eigenvalue weighted by Gasteiger charge is -2.28. The molecule has 2 atom stereocenters. The van der Waals surface area contributed by atoms with E-state index in [0.29, 0.717) is 17.5 Å². The van der Waals surface area contributed by atoms with Crippen molar-refractivity contribution in [1.82, 2.24) is 5.32 Å². The molecule has 114 valence electrons. The van der Waals surface area contributed by atoms with Gasteiger partial charge < -0.3 is 15.5 Å². The summed E-state index contributed by atoms with van der Waals surface area (Å²) in [5.74, 6) is -1.52. The highest BCUT2D eigenvalue weighted by Crippen LogP contribution is 2.22. The van der Waals surface area contributed by atoms with Crippen LogP contribution in [-0.2, 0) is 0 Å². The molecule has 1 aliphatic rings. The average molecular weight is 291 g/mol. The predicted octanol–water partition coefficient (Wildman–Crippen LogP) is 2.03. The summed E-state index contributed by atoms with van der Waals surface area (Å²) < 4.78 is 0. The molecule has 0 aliphatic heterocycles. The molecule has 0 spiro atoms. The Bertz CT molecular complexity index is 568. The molecule has 0 aromatic heterocycles. The van der Waals surface area contributed by atoms with E-state index in [0.717, 1.165) is 19.3 Å². The van der Waals surface area contributed by atoms with Gasteiger partial charge in [0.1, 0.15) is 0 Å². The zero-order valence-electron chi connectivity index (χ0n) is 12.3. The molecule has 1 aromatic carbocycles. The summed E-state index contributed by atoms with van der Waals surface area (Å²) in [6, 6.07) is 3.15. The second kappa shape index (κ2) is 6.26. The number of carboxylic acid groups (broad SMARTS) is 1.